The molecule has 0 radical (unpaired) electrons. The van der Waals surface area contributed by atoms with Gasteiger partial charge in [0.1, 0.15) is 0 Å². The average molecular weight is 374 g/mol. The molecular formula is C17H16N3O7-. The van der Waals surface area contributed by atoms with Gasteiger partial charge in [-0.1, -0.05) is 11.8 Å². The summed E-state index contributed by atoms with van der Waals surface area (Å²) in [5.41, 5.74) is 2.11. The van der Waals surface area contributed by atoms with Gasteiger partial charge in [0.2, 0.25) is 5.75 Å². The van der Waals surface area contributed by atoms with Gasteiger partial charge >= 0.3 is 0 Å². The number of hydrogen-bond donors (Lipinski definition) is 1. The molecule has 27 heavy (non-hydrogen) atoms. The number of amides is 1. The highest BCUT2D eigenvalue weighted by Gasteiger charge is 2.16. The molecule has 2 aromatic carbocycles. The van der Waals surface area contributed by atoms with Crippen molar-refractivity contribution in [2.24, 2.45) is 5.10 Å². The molecule has 0 aromatic heterocycles. The van der Waals surface area contributed by atoms with Crippen LogP contribution in [-0.4, -0.2) is 38.4 Å². The van der Waals surface area contributed by atoms with E-state index >= 15 is 0 Å². The molecule has 0 heterocycles. The maximum atomic E-state index is 12.3. The third-order valence-corrected chi connectivity index (χ3v) is 3.50. The lowest BCUT2D eigenvalue weighted by molar-refractivity contribution is -0.385. The van der Waals surface area contributed by atoms with Crippen molar-refractivity contribution in [2.75, 3.05) is 21.3 Å². The Morgan fingerprint density at radius 2 is 1.74 bits per heavy atom. The second-order valence-corrected chi connectivity index (χ2v) is 5.09. The quantitative estimate of drug-likeness (QED) is 0.440. The number of hydrazone groups is 1. The smallest absolute Gasteiger partial charge is 0.271 e. The molecule has 0 unspecified atom stereocenters. The van der Waals surface area contributed by atoms with Gasteiger partial charge in [0.15, 0.2) is 11.5 Å². The maximum Gasteiger partial charge on any atom is 0.271 e. The van der Waals surface area contributed by atoms with Crippen LogP contribution in [-0.2, 0) is 0 Å². The highest BCUT2D eigenvalue weighted by atomic mass is 16.6. The van der Waals surface area contributed by atoms with E-state index in [1.54, 1.807) is 0 Å². The van der Waals surface area contributed by atoms with E-state index < -0.39 is 16.6 Å². The van der Waals surface area contributed by atoms with Gasteiger partial charge in [-0.05, 0) is 17.7 Å². The first-order chi connectivity index (χ1) is 12.9. The molecule has 142 valence electrons. The van der Waals surface area contributed by atoms with Crippen molar-refractivity contribution in [1.29, 1.82) is 0 Å². The van der Waals surface area contributed by atoms with Crippen molar-refractivity contribution in [2.45, 2.75) is 0 Å². The summed E-state index contributed by atoms with van der Waals surface area (Å²) in [6.45, 7) is 0. The van der Waals surface area contributed by atoms with E-state index in [2.05, 4.69) is 10.5 Å². The number of benzene rings is 2. The van der Waals surface area contributed by atoms with Crippen molar-refractivity contribution in [3.63, 3.8) is 0 Å². The molecule has 0 aliphatic heterocycles. The van der Waals surface area contributed by atoms with Crippen LogP contribution < -0.4 is 24.7 Å². The van der Waals surface area contributed by atoms with Gasteiger partial charge in [-0.3, -0.25) is 14.9 Å². The maximum absolute atomic E-state index is 12.3. The molecule has 0 saturated carbocycles. The van der Waals surface area contributed by atoms with E-state index in [4.69, 9.17) is 14.2 Å². The minimum Gasteiger partial charge on any atom is -0.872 e. The zero-order valence-electron chi connectivity index (χ0n) is 14.7. The Morgan fingerprint density at radius 1 is 1.11 bits per heavy atom. The highest BCUT2D eigenvalue weighted by Crippen LogP contribution is 2.38. The molecular weight excluding hydrogens is 358 g/mol. The fourth-order valence-corrected chi connectivity index (χ4v) is 2.19. The van der Waals surface area contributed by atoms with E-state index in [-0.39, 0.29) is 28.3 Å². The number of nitrogens with zero attached hydrogens (tertiary/aromatic N) is 2. The van der Waals surface area contributed by atoms with Crippen LogP contribution in [0.2, 0.25) is 0 Å². The Kier molecular flexibility index (Phi) is 6.15. The number of ether oxygens (including phenoxy) is 3. The number of nitro benzene ring substituents is 1. The Morgan fingerprint density at radius 3 is 2.26 bits per heavy atom. The normalized spacial score (nSPS) is 10.5. The third kappa shape index (κ3) is 4.42. The Bertz CT molecular complexity index is 871. The summed E-state index contributed by atoms with van der Waals surface area (Å²) in [6, 6.07) is 6.07. The number of rotatable bonds is 7. The molecule has 0 saturated heterocycles. The second kappa shape index (κ2) is 8.52. The number of methoxy groups -OCH3 is 3. The highest BCUT2D eigenvalue weighted by molar-refractivity contribution is 5.96. The van der Waals surface area contributed by atoms with Crippen LogP contribution in [0.1, 0.15) is 15.9 Å². The fraction of sp³-hybridized carbons (Fsp3) is 0.176. The van der Waals surface area contributed by atoms with Crippen LogP contribution in [0.25, 0.3) is 0 Å². The number of nitro groups is 1. The molecule has 0 spiro atoms. The predicted octanol–water partition coefficient (Wildman–Crippen LogP) is 1.46. The van der Waals surface area contributed by atoms with Crippen LogP contribution in [0.3, 0.4) is 0 Å². The van der Waals surface area contributed by atoms with Crippen LogP contribution in [0, 0.1) is 10.1 Å². The minimum absolute atomic E-state index is 0.0330. The second-order valence-electron chi connectivity index (χ2n) is 5.09. The van der Waals surface area contributed by atoms with Gasteiger partial charge in [0.05, 0.1) is 32.5 Å². The molecule has 0 fully saturated rings. The summed E-state index contributed by atoms with van der Waals surface area (Å²) < 4.78 is 15.5. The zero-order chi connectivity index (χ0) is 20.0. The summed E-state index contributed by atoms with van der Waals surface area (Å²) >= 11 is 0. The van der Waals surface area contributed by atoms with Crippen LogP contribution in [0.4, 0.5) is 5.69 Å². The Balaban J connectivity index is 2.22. The summed E-state index contributed by atoms with van der Waals surface area (Å²) in [6.07, 6.45) is 1.03. The number of non-ortho nitro benzene ring substituents is 1. The molecule has 0 aliphatic rings. The SMILES string of the molecule is COc1cc(C(=O)N/N=C\c2cc([N+](=O)[O-])ccc2[O-])cc(OC)c1OC. The number of carbonyl (C=O) groups is 1. The number of nitrogens with one attached hydrogen (secondary N) is 1. The monoisotopic (exact) mass is 374 g/mol. The molecule has 2 aromatic rings. The fourth-order valence-electron chi connectivity index (χ4n) is 2.19. The first-order valence-corrected chi connectivity index (χ1v) is 7.50. The molecule has 0 bridgehead atoms. The topological polar surface area (TPSA) is 135 Å². The van der Waals surface area contributed by atoms with Gasteiger partial charge < -0.3 is 19.3 Å². The van der Waals surface area contributed by atoms with E-state index in [1.165, 1.54) is 33.5 Å². The molecule has 0 atom stereocenters. The molecule has 2 rings (SSSR count). The molecule has 0 aliphatic carbocycles. The van der Waals surface area contributed by atoms with Gasteiger partial charge in [0, 0.05) is 17.7 Å². The molecule has 10 heteroatoms. The summed E-state index contributed by atoms with van der Waals surface area (Å²) in [7, 11) is 4.26. The van der Waals surface area contributed by atoms with Crippen molar-refractivity contribution < 1.29 is 29.0 Å². The van der Waals surface area contributed by atoms with Crippen molar-refractivity contribution in [3.8, 4) is 23.0 Å². The van der Waals surface area contributed by atoms with Crippen LogP contribution in [0.15, 0.2) is 35.4 Å². The van der Waals surface area contributed by atoms with Crippen LogP contribution >= 0.6 is 0 Å². The lowest BCUT2D eigenvalue weighted by Gasteiger charge is -2.13. The van der Waals surface area contributed by atoms with E-state index in [0.717, 1.165) is 24.4 Å². The van der Waals surface area contributed by atoms with E-state index in [1.807, 2.05) is 0 Å². The summed E-state index contributed by atoms with van der Waals surface area (Å²) in [4.78, 5) is 22.4. The molecule has 1 amide bonds. The standard InChI is InChI=1S/C17H17N3O7/c1-25-14-7-10(8-15(26-2)16(14)27-3)17(22)19-18-9-11-6-12(20(23)24)4-5-13(11)21/h4-9,21H,1-3H3,(H,19,22)/p-1/b18-9-. The average Bonchev–Trinajstić information content (AvgIpc) is 2.67. The van der Waals surface area contributed by atoms with Gasteiger partial charge in [-0.15, -0.1) is 0 Å². The Labute approximate surface area is 154 Å². The predicted molar refractivity (Wildman–Crippen MR) is 93.7 cm³/mol. The van der Waals surface area contributed by atoms with Gasteiger partial charge in [-0.25, -0.2) is 5.43 Å². The number of hydrogen-bond acceptors (Lipinski definition) is 8. The minimum atomic E-state index is -0.634. The zero-order valence-corrected chi connectivity index (χ0v) is 14.7. The lowest BCUT2D eigenvalue weighted by Crippen LogP contribution is -2.18. The largest absolute Gasteiger partial charge is 0.872 e. The van der Waals surface area contributed by atoms with E-state index in [9.17, 15) is 20.0 Å². The van der Waals surface area contributed by atoms with Crippen molar-refractivity contribution in [1.82, 2.24) is 5.43 Å². The summed E-state index contributed by atoms with van der Waals surface area (Å²) in [5, 5.41) is 26.1. The third-order valence-electron chi connectivity index (χ3n) is 3.50. The van der Waals surface area contributed by atoms with Gasteiger partial charge in [0.25, 0.3) is 11.6 Å². The number of carbonyl (C=O) groups excluding carboxylic acids is 1. The van der Waals surface area contributed by atoms with E-state index in [0.29, 0.717) is 5.75 Å². The summed E-state index contributed by atoms with van der Waals surface area (Å²) in [5.74, 6) is -0.180. The lowest BCUT2D eigenvalue weighted by atomic mass is 10.1. The van der Waals surface area contributed by atoms with Gasteiger partial charge in [-0.2, -0.15) is 5.10 Å². The Hall–Kier alpha value is -3.82. The molecule has 1 N–H and O–H groups in total. The molecule has 10 nitrogen and oxygen atoms in total. The van der Waals surface area contributed by atoms with Crippen molar-refractivity contribution >= 4 is 17.8 Å². The van der Waals surface area contributed by atoms with Crippen molar-refractivity contribution in [3.05, 3.63) is 51.6 Å². The first-order valence-electron chi connectivity index (χ1n) is 7.50. The first kappa shape index (κ1) is 19.5. The van der Waals surface area contributed by atoms with Crippen LogP contribution in [0.5, 0.6) is 23.0 Å².